The first-order valence-corrected chi connectivity index (χ1v) is 6.23. The first-order valence-electron chi connectivity index (χ1n) is 6.23. The standard InChI is InChI=1S/C12H18N2O.C2H6/c1-11(15)14(9-5-8-13)10-12-6-3-2-4-7-12;1-2/h2-4,6-7H,5,8-10,13H2,1H3;1-2H3. The van der Waals surface area contributed by atoms with Crippen molar-refractivity contribution in [2.45, 2.75) is 33.7 Å². The topological polar surface area (TPSA) is 46.3 Å². The van der Waals surface area contributed by atoms with Crippen LogP contribution in [-0.4, -0.2) is 23.9 Å². The van der Waals surface area contributed by atoms with Gasteiger partial charge in [-0.1, -0.05) is 44.2 Å². The van der Waals surface area contributed by atoms with Crippen LogP contribution in [0.1, 0.15) is 32.8 Å². The summed E-state index contributed by atoms with van der Waals surface area (Å²) in [4.78, 5) is 13.2. The minimum Gasteiger partial charge on any atom is -0.339 e. The van der Waals surface area contributed by atoms with Crippen molar-refractivity contribution >= 4 is 5.91 Å². The van der Waals surface area contributed by atoms with Crippen molar-refractivity contribution in [1.29, 1.82) is 0 Å². The molecule has 3 heteroatoms. The van der Waals surface area contributed by atoms with Crippen molar-refractivity contribution < 1.29 is 4.79 Å². The Labute approximate surface area is 105 Å². The zero-order valence-corrected chi connectivity index (χ0v) is 11.1. The van der Waals surface area contributed by atoms with Gasteiger partial charge >= 0.3 is 0 Å². The molecule has 96 valence electrons. The number of hydrogen-bond donors (Lipinski definition) is 1. The van der Waals surface area contributed by atoms with E-state index in [-0.39, 0.29) is 5.91 Å². The molecule has 0 atom stereocenters. The number of amides is 1. The Morgan fingerprint density at radius 2 is 1.82 bits per heavy atom. The summed E-state index contributed by atoms with van der Waals surface area (Å²) in [6.45, 7) is 7.63. The summed E-state index contributed by atoms with van der Waals surface area (Å²) < 4.78 is 0. The summed E-state index contributed by atoms with van der Waals surface area (Å²) in [5, 5.41) is 0. The molecule has 0 saturated heterocycles. The Morgan fingerprint density at radius 3 is 2.29 bits per heavy atom. The molecule has 2 N–H and O–H groups in total. The molecule has 0 spiro atoms. The van der Waals surface area contributed by atoms with Crippen LogP contribution in [0.4, 0.5) is 0 Å². The van der Waals surface area contributed by atoms with E-state index in [2.05, 4.69) is 0 Å². The highest BCUT2D eigenvalue weighted by Crippen LogP contribution is 2.04. The third-order valence-electron chi connectivity index (χ3n) is 2.29. The lowest BCUT2D eigenvalue weighted by molar-refractivity contribution is -0.129. The van der Waals surface area contributed by atoms with Crippen molar-refractivity contribution in [2.75, 3.05) is 13.1 Å². The number of nitrogens with zero attached hydrogens (tertiary/aromatic N) is 1. The SMILES string of the molecule is CC.CC(=O)N(CCCN)Cc1ccccc1. The van der Waals surface area contributed by atoms with Gasteiger partial charge in [0.05, 0.1) is 0 Å². The quantitative estimate of drug-likeness (QED) is 0.853. The van der Waals surface area contributed by atoms with Gasteiger partial charge < -0.3 is 10.6 Å². The lowest BCUT2D eigenvalue weighted by Crippen LogP contribution is -2.30. The van der Waals surface area contributed by atoms with E-state index < -0.39 is 0 Å². The van der Waals surface area contributed by atoms with Crippen LogP contribution in [0.25, 0.3) is 0 Å². The van der Waals surface area contributed by atoms with Crippen LogP contribution in [0.2, 0.25) is 0 Å². The minimum atomic E-state index is 0.104. The number of nitrogens with two attached hydrogens (primary N) is 1. The molecule has 3 nitrogen and oxygen atoms in total. The van der Waals surface area contributed by atoms with Crippen molar-refractivity contribution in [3.8, 4) is 0 Å². The number of rotatable bonds is 5. The van der Waals surface area contributed by atoms with E-state index in [1.165, 1.54) is 0 Å². The van der Waals surface area contributed by atoms with Crippen LogP contribution in [0.15, 0.2) is 30.3 Å². The third-order valence-corrected chi connectivity index (χ3v) is 2.29. The van der Waals surface area contributed by atoms with Crippen molar-refractivity contribution in [1.82, 2.24) is 4.90 Å². The Kier molecular flexibility index (Phi) is 9.06. The van der Waals surface area contributed by atoms with Gasteiger partial charge in [-0.15, -0.1) is 0 Å². The highest BCUT2D eigenvalue weighted by atomic mass is 16.2. The van der Waals surface area contributed by atoms with E-state index in [4.69, 9.17) is 5.73 Å². The maximum atomic E-state index is 11.3. The fourth-order valence-corrected chi connectivity index (χ4v) is 1.43. The molecule has 0 unspecified atom stereocenters. The lowest BCUT2D eigenvalue weighted by Gasteiger charge is -2.20. The zero-order chi connectivity index (χ0) is 13.1. The van der Waals surface area contributed by atoms with Gasteiger partial charge in [-0.25, -0.2) is 0 Å². The Morgan fingerprint density at radius 1 is 1.24 bits per heavy atom. The molecule has 1 rings (SSSR count). The highest BCUT2D eigenvalue weighted by Gasteiger charge is 2.07. The van der Waals surface area contributed by atoms with Crippen LogP contribution in [-0.2, 0) is 11.3 Å². The number of hydrogen-bond acceptors (Lipinski definition) is 2. The van der Waals surface area contributed by atoms with Crippen LogP contribution in [0.5, 0.6) is 0 Å². The molecule has 0 heterocycles. The molecule has 0 bridgehead atoms. The fraction of sp³-hybridized carbons (Fsp3) is 0.500. The van der Waals surface area contributed by atoms with E-state index in [1.54, 1.807) is 6.92 Å². The van der Waals surface area contributed by atoms with Crippen LogP contribution in [0.3, 0.4) is 0 Å². The minimum absolute atomic E-state index is 0.104. The molecule has 1 aromatic rings. The summed E-state index contributed by atoms with van der Waals surface area (Å²) in [5.41, 5.74) is 6.59. The molecule has 1 amide bonds. The van der Waals surface area contributed by atoms with E-state index in [9.17, 15) is 4.79 Å². The summed E-state index contributed by atoms with van der Waals surface area (Å²) >= 11 is 0. The summed E-state index contributed by atoms with van der Waals surface area (Å²) in [5.74, 6) is 0.104. The van der Waals surface area contributed by atoms with Crippen molar-refractivity contribution in [2.24, 2.45) is 5.73 Å². The van der Waals surface area contributed by atoms with E-state index in [1.807, 2.05) is 49.1 Å². The lowest BCUT2D eigenvalue weighted by atomic mass is 10.2. The zero-order valence-electron chi connectivity index (χ0n) is 11.1. The van der Waals surface area contributed by atoms with Crippen molar-refractivity contribution in [3.05, 3.63) is 35.9 Å². The second kappa shape index (κ2) is 9.85. The second-order valence-corrected chi connectivity index (χ2v) is 3.57. The Bertz CT molecular complexity index is 298. The predicted molar refractivity (Wildman–Crippen MR) is 72.6 cm³/mol. The fourth-order valence-electron chi connectivity index (χ4n) is 1.43. The monoisotopic (exact) mass is 236 g/mol. The molecular formula is C14H24N2O. The molecule has 0 saturated carbocycles. The van der Waals surface area contributed by atoms with Crippen LogP contribution in [0, 0.1) is 0 Å². The maximum absolute atomic E-state index is 11.3. The third kappa shape index (κ3) is 6.74. The molecule has 0 aliphatic carbocycles. The van der Waals surface area contributed by atoms with Gasteiger partial charge in [-0.3, -0.25) is 4.79 Å². The van der Waals surface area contributed by atoms with Gasteiger partial charge in [0.1, 0.15) is 0 Å². The number of carbonyl (C=O) groups excluding carboxylic acids is 1. The summed E-state index contributed by atoms with van der Waals surface area (Å²) in [6.07, 6.45) is 0.854. The number of carbonyl (C=O) groups is 1. The smallest absolute Gasteiger partial charge is 0.219 e. The molecule has 17 heavy (non-hydrogen) atoms. The largest absolute Gasteiger partial charge is 0.339 e. The van der Waals surface area contributed by atoms with Gasteiger partial charge in [-0.05, 0) is 18.5 Å². The molecule has 0 fully saturated rings. The average Bonchev–Trinajstić information content (AvgIpc) is 2.38. The van der Waals surface area contributed by atoms with Crippen LogP contribution >= 0.6 is 0 Å². The Balaban J connectivity index is 0.00000121. The van der Waals surface area contributed by atoms with E-state index >= 15 is 0 Å². The van der Waals surface area contributed by atoms with Gasteiger partial charge in [0.2, 0.25) is 5.91 Å². The normalized spacial score (nSPS) is 9.18. The first kappa shape index (κ1) is 15.7. The molecule has 0 radical (unpaired) electrons. The van der Waals surface area contributed by atoms with E-state index in [0.717, 1.165) is 18.5 Å². The van der Waals surface area contributed by atoms with Gasteiger partial charge in [0.15, 0.2) is 0 Å². The van der Waals surface area contributed by atoms with Gasteiger partial charge in [0, 0.05) is 20.0 Å². The van der Waals surface area contributed by atoms with E-state index in [0.29, 0.717) is 13.1 Å². The maximum Gasteiger partial charge on any atom is 0.219 e. The highest BCUT2D eigenvalue weighted by molar-refractivity contribution is 5.73. The van der Waals surface area contributed by atoms with Crippen molar-refractivity contribution in [3.63, 3.8) is 0 Å². The molecule has 1 aromatic carbocycles. The molecule has 0 aliphatic heterocycles. The summed E-state index contributed by atoms with van der Waals surface area (Å²) in [7, 11) is 0. The molecule has 0 aliphatic rings. The number of benzene rings is 1. The summed E-state index contributed by atoms with van der Waals surface area (Å²) in [6, 6.07) is 9.99. The molecule has 0 aromatic heterocycles. The average molecular weight is 236 g/mol. The first-order chi connectivity index (χ1) is 8.24. The predicted octanol–water partition coefficient (Wildman–Crippen LogP) is 2.41. The Hall–Kier alpha value is -1.35. The van der Waals surface area contributed by atoms with Gasteiger partial charge in [0.25, 0.3) is 0 Å². The second-order valence-electron chi connectivity index (χ2n) is 3.57. The van der Waals surface area contributed by atoms with Crippen LogP contribution < -0.4 is 5.73 Å². The molecular weight excluding hydrogens is 212 g/mol. The van der Waals surface area contributed by atoms with Gasteiger partial charge in [-0.2, -0.15) is 0 Å².